The van der Waals surface area contributed by atoms with Crippen LogP contribution < -0.4 is 0 Å². The Morgan fingerprint density at radius 2 is 1.37 bits per heavy atom. The van der Waals surface area contributed by atoms with Crippen molar-refractivity contribution in [1.82, 2.24) is 4.57 Å². The average Bonchev–Trinajstić information content (AvgIpc) is 3.04. The molecule has 3 nitrogen and oxygen atoms in total. The molecule has 0 saturated carbocycles. The van der Waals surface area contributed by atoms with Gasteiger partial charge in [-0.05, 0) is 22.8 Å². The molecule has 0 saturated heterocycles. The summed E-state index contributed by atoms with van der Waals surface area (Å²) in [6, 6.07) is 28.4. The maximum atomic E-state index is 11.3. The quantitative estimate of drug-likeness (QED) is 0.528. The summed E-state index contributed by atoms with van der Waals surface area (Å²) in [5.41, 5.74) is 5.12. The average molecular weight is 353 g/mol. The van der Waals surface area contributed by atoms with Crippen LogP contribution in [-0.4, -0.2) is 15.6 Å². The van der Waals surface area contributed by atoms with Gasteiger partial charge in [0.15, 0.2) is 0 Å². The first-order chi connectivity index (χ1) is 13.2. The molecule has 0 atom stereocenters. The van der Waals surface area contributed by atoms with E-state index in [1.165, 1.54) is 0 Å². The number of carbonyl (C=O) groups is 1. The zero-order chi connectivity index (χ0) is 18.6. The molecule has 132 valence electrons. The van der Waals surface area contributed by atoms with Gasteiger partial charge in [0.1, 0.15) is 0 Å². The second-order valence-corrected chi connectivity index (χ2v) is 6.42. The van der Waals surface area contributed by atoms with Gasteiger partial charge in [0.25, 0.3) is 0 Å². The van der Waals surface area contributed by atoms with Gasteiger partial charge in [-0.1, -0.05) is 78.9 Å². The maximum Gasteiger partial charge on any atom is 0.307 e. The lowest BCUT2D eigenvalue weighted by Gasteiger charge is -2.10. The van der Waals surface area contributed by atoms with Gasteiger partial charge in [-0.3, -0.25) is 4.79 Å². The third-order valence-corrected chi connectivity index (χ3v) is 4.60. The number of nitrogens with zero attached hydrogens (tertiary/aromatic N) is 1. The Morgan fingerprint density at radius 3 is 1.96 bits per heavy atom. The number of carboxylic acid groups (broad SMARTS) is 1. The smallest absolute Gasteiger partial charge is 0.307 e. The SMILES string of the molecule is O=C(O)Cc1cn(C=C(c2ccccc2)c2ccccc2)c2ccccc12. The lowest BCUT2D eigenvalue weighted by atomic mass is 9.99. The van der Waals surface area contributed by atoms with Gasteiger partial charge in [0.2, 0.25) is 0 Å². The largest absolute Gasteiger partial charge is 0.481 e. The molecule has 0 unspecified atom stereocenters. The Balaban J connectivity index is 1.92. The van der Waals surface area contributed by atoms with Gasteiger partial charge >= 0.3 is 5.97 Å². The minimum atomic E-state index is -0.826. The van der Waals surface area contributed by atoms with Crippen molar-refractivity contribution in [2.24, 2.45) is 0 Å². The van der Waals surface area contributed by atoms with Crippen molar-refractivity contribution in [3.05, 3.63) is 108 Å². The fourth-order valence-electron chi connectivity index (χ4n) is 3.38. The lowest BCUT2D eigenvalue weighted by Crippen LogP contribution is -1.99. The topological polar surface area (TPSA) is 42.2 Å². The van der Waals surface area contributed by atoms with E-state index in [4.69, 9.17) is 0 Å². The van der Waals surface area contributed by atoms with Crippen LogP contribution in [-0.2, 0) is 11.2 Å². The molecule has 3 aromatic carbocycles. The van der Waals surface area contributed by atoms with Crippen LogP contribution in [0.15, 0.2) is 91.1 Å². The molecule has 0 aliphatic heterocycles. The Kier molecular flexibility index (Phi) is 4.58. The standard InChI is InChI=1S/C24H19NO2/c26-24(27)15-20-16-25(23-14-8-7-13-21(20)23)17-22(18-9-3-1-4-10-18)19-11-5-2-6-12-19/h1-14,16-17H,15H2,(H,26,27). The van der Waals surface area contributed by atoms with Crippen LogP contribution in [0.2, 0.25) is 0 Å². The molecule has 3 heteroatoms. The van der Waals surface area contributed by atoms with Crippen molar-refractivity contribution in [3.63, 3.8) is 0 Å². The summed E-state index contributed by atoms with van der Waals surface area (Å²) in [5, 5.41) is 10.2. The normalized spacial score (nSPS) is 10.7. The van der Waals surface area contributed by atoms with Crippen LogP contribution in [0.5, 0.6) is 0 Å². The molecule has 0 amide bonds. The van der Waals surface area contributed by atoms with E-state index >= 15 is 0 Å². The van der Waals surface area contributed by atoms with E-state index in [-0.39, 0.29) is 6.42 Å². The van der Waals surface area contributed by atoms with Crippen molar-refractivity contribution < 1.29 is 9.90 Å². The van der Waals surface area contributed by atoms with Gasteiger partial charge in [0, 0.05) is 23.4 Å². The highest BCUT2D eigenvalue weighted by Crippen LogP contribution is 2.28. The maximum absolute atomic E-state index is 11.3. The monoisotopic (exact) mass is 353 g/mol. The summed E-state index contributed by atoms with van der Waals surface area (Å²) in [7, 11) is 0. The summed E-state index contributed by atoms with van der Waals surface area (Å²) < 4.78 is 2.03. The molecule has 4 rings (SSSR count). The zero-order valence-corrected chi connectivity index (χ0v) is 14.7. The highest BCUT2D eigenvalue weighted by atomic mass is 16.4. The fourth-order valence-corrected chi connectivity index (χ4v) is 3.38. The van der Waals surface area contributed by atoms with E-state index in [0.717, 1.165) is 33.2 Å². The number of aromatic nitrogens is 1. The zero-order valence-electron chi connectivity index (χ0n) is 14.7. The van der Waals surface area contributed by atoms with Crippen LogP contribution >= 0.6 is 0 Å². The van der Waals surface area contributed by atoms with Gasteiger partial charge < -0.3 is 9.67 Å². The second kappa shape index (κ2) is 7.34. The molecule has 1 aromatic heterocycles. The van der Waals surface area contributed by atoms with E-state index in [0.29, 0.717) is 0 Å². The predicted molar refractivity (Wildman–Crippen MR) is 109 cm³/mol. The first-order valence-corrected chi connectivity index (χ1v) is 8.85. The Hall–Kier alpha value is -3.59. The fraction of sp³-hybridized carbons (Fsp3) is 0.0417. The van der Waals surface area contributed by atoms with E-state index < -0.39 is 5.97 Å². The van der Waals surface area contributed by atoms with Gasteiger partial charge in [0.05, 0.1) is 11.9 Å². The van der Waals surface area contributed by atoms with Gasteiger partial charge in [-0.15, -0.1) is 0 Å². The van der Waals surface area contributed by atoms with E-state index in [2.05, 4.69) is 30.5 Å². The second-order valence-electron chi connectivity index (χ2n) is 6.42. The van der Waals surface area contributed by atoms with Crippen molar-refractivity contribution in [1.29, 1.82) is 0 Å². The molecule has 1 heterocycles. The molecule has 0 spiro atoms. The van der Waals surface area contributed by atoms with Crippen LogP contribution in [0.1, 0.15) is 16.7 Å². The third-order valence-electron chi connectivity index (χ3n) is 4.60. The molecule has 0 radical (unpaired) electrons. The highest BCUT2D eigenvalue weighted by molar-refractivity contribution is 5.93. The van der Waals surface area contributed by atoms with Gasteiger partial charge in [-0.25, -0.2) is 0 Å². The number of carboxylic acids is 1. The number of rotatable bonds is 5. The third kappa shape index (κ3) is 3.53. The Labute approximate surface area is 157 Å². The minimum absolute atomic E-state index is 0.00730. The molecule has 0 bridgehead atoms. The minimum Gasteiger partial charge on any atom is -0.481 e. The molecule has 0 aliphatic rings. The molecular weight excluding hydrogens is 334 g/mol. The van der Waals surface area contributed by atoms with Crippen LogP contribution in [0, 0.1) is 0 Å². The summed E-state index contributed by atoms with van der Waals surface area (Å²) in [5.74, 6) is -0.826. The number of para-hydroxylation sites is 1. The molecule has 0 aliphatic carbocycles. The predicted octanol–water partition coefficient (Wildman–Crippen LogP) is 5.31. The summed E-state index contributed by atoms with van der Waals surface area (Å²) in [4.78, 5) is 11.3. The Bertz CT molecular complexity index is 1070. The number of hydrogen-bond donors (Lipinski definition) is 1. The van der Waals surface area contributed by atoms with E-state index in [1.54, 1.807) is 0 Å². The van der Waals surface area contributed by atoms with Crippen LogP contribution in [0.4, 0.5) is 0 Å². The molecule has 1 N–H and O–H groups in total. The number of hydrogen-bond acceptors (Lipinski definition) is 1. The first-order valence-electron chi connectivity index (χ1n) is 8.85. The summed E-state index contributed by atoms with van der Waals surface area (Å²) in [6.45, 7) is 0. The van der Waals surface area contributed by atoms with Crippen molar-refractivity contribution >= 4 is 28.6 Å². The lowest BCUT2D eigenvalue weighted by molar-refractivity contribution is -0.136. The van der Waals surface area contributed by atoms with Crippen LogP contribution in [0.25, 0.3) is 22.7 Å². The molecule has 0 fully saturated rings. The summed E-state index contributed by atoms with van der Waals surface area (Å²) >= 11 is 0. The highest BCUT2D eigenvalue weighted by Gasteiger charge is 2.12. The van der Waals surface area contributed by atoms with Crippen LogP contribution in [0.3, 0.4) is 0 Å². The molecule has 4 aromatic rings. The van der Waals surface area contributed by atoms with Crippen molar-refractivity contribution in [3.8, 4) is 0 Å². The summed E-state index contributed by atoms with van der Waals surface area (Å²) in [6.07, 6.45) is 4.01. The van der Waals surface area contributed by atoms with E-state index in [9.17, 15) is 9.90 Å². The van der Waals surface area contributed by atoms with Gasteiger partial charge in [-0.2, -0.15) is 0 Å². The molecular formula is C24H19NO2. The number of fused-ring (bicyclic) bond motifs is 1. The first kappa shape index (κ1) is 16.9. The van der Waals surface area contributed by atoms with Crippen molar-refractivity contribution in [2.45, 2.75) is 6.42 Å². The van der Waals surface area contributed by atoms with E-state index in [1.807, 2.05) is 71.4 Å². The Morgan fingerprint density at radius 1 is 0.815 bits per heavy atom. The number of benzene rings is 3. The van der Waals surface area contributed by atoms with Crippen molar-refractivity contribution in [2.75, 3.05) is 0 Å². The number of aliphatic carboxylic acids is 1. The molecule has 27 heavy (non-hydrogen) atoms.